The molecule has 4 heteroatoms. The first kappa shape index (κ1) is 15.4. The van der Waals surface area contributed by atoms with E-state index in [1.165, 1.54) is 25.7 Å². The number of halogens is 1. The van der Waals surface area contributed by atoms with Crippen molar-refractivity contribution in [2.75, 3.05) is 0 Å². The van der Waals surface area contributed by atoms with Crippen LogP contribution in [-0.4, -0.2) is 36.4 Å². The molecule has 2 atom stereocenters. The molecule has 2 unspecified atom stereocenters. The summed E-state index contributed by atoms with van der Waals surface area (Å²) in [6.45, 7) is 11.6. The number of hydrogen-bond acceptors (Lipinski definition) is 3. The van der Waals surface area contributed by atoms with Crippen molar-refractivity contribution in [3.05, 3.63) is 0 Å². The van der Waals surface area contributed by atoms with Crippen LogP contribution in [0.2, 0.25) is 0 Å². The average Bonchev–Trinajstić information content (AvgIpc) is 2.48. The Bertz CT molecular complexity index is 294. The predicted octanol–water partition coefficient (Wildman–Crippen LogP) is 4.10. The molecule has 2 saturated heterocycles. The molecule has 2 bridgehead atoms. The van der Waals surface area contributed by atoms with Gasteiger partial charge in [-0.2, -0.15) is 0 Å². The number of hydrogen-bond donors (Lipinski definition) is 1. The van der Waals surface area contributed by atoms with Gasteiger partial charge in [0.1, 0.15) is 0 Å². The van der Waals surface area contributed by atoms with Gasteiger partial charge >= 0.3 is 0 Å². The minimum Gasteiger partial charge on any atom is -0.292 e. The number of thiol groups is 1. The van der Waals surface area contributed by atoms with Crippen LogP contribution in [0.4, 0.5) is 0 Å². The van der Waals surface area contributed by atoms with Crippen molar-refractivity contribution in [2.24, 2.45) is 0 Å². The molecule has 0 spiro atoms. The third-order valence-corrected chi connectivity index (χ3v) is 6.10. The summed E-state index contributed by atoms with van der Waals surface area (Å²) < 4.78 is 2.42. The van der Waals surface area contributed by atoms with E-state index in [0.29, 0.717) is 11.6 Å². The topological polar surface area (TPSA) is 6.48 Å². The first-order valence-electron chi connectivity index (χ1n) is 7.06. The molecular formula is C14H27IN2S. The largest absolute Gasteiger partial charge is 0.292 e. The minimum absolute atomic E-state index is 0.134. The van der Waals surface area contributed by atoms with Crippen LogP contribution < -0.4 is 0 Å². The van der Waals surface area contributed by atoms with Crippen LogP contribution in [0.3, 0.4) is 0 Å². The van der Waals surface area contributed by atoms with Crippen molar-refractivity contribution in [3.63, 3.8) is 0 Å². The molecule has 106 valence electrons. The van der Waals surface area contributed by atoms with Gasteiger partial charge < -0.3 is 0 Å². The zero-order valence-corrected chi connectivity index (χ0v) is 15.3. The zero-order chi connectivity index (χ0) is 13.7. The number of alkyl halides is 1. The first-order chi connectivity index (χ1) is 8.10. The molecule has 2 heterocycles. The van der Waals surface area contributed by atoms with Crippen LogP contribution in [0.15, 0.2) is 0 Å². The monoisotopic (exact) mass is 382 g/mol. The highest BCUT2D eigenvalue weighted by Gasteiger charge is 2.47. The van der Waals surface area contributed by atoms with Gasteiger partial charge in [0.2, 0.25) is 0 Å². The Kier molecular flexibility index (Phi) is 4.34. The molecule has 2 aliphatic heterocycles. The van der Waals surface area contributed by atoms with Gasteiger partial charge in [0, 0.05) is 23.7 Å². The third-order valence-electron chi connectivity index (χ3n) is 4.37. The molecular weight excluding hydrogens is 355 g/mol. The van der Waals surface area contributed by atoms with E-state index in [-0.39, 0.29) is 3.55 Å². The summed E-state index contributed by atoms with van der Waals surface area (Å²) in [6.07, 6.45) is 5.32. The molecule has 0 radical (unpaired) electrons. The second kappa shape index (κ2) is 5.08. The Morgan fingerprint density at radius 2 is 1.50 bits per heavy atom. The van der Waals surface area contributed by atoms with Crippen LogP contribution in [0.5, 0.6) is 0 Å². The fourth-order valence-electron chi connectivity index (χ4n) is 3.88. The summed E-state index contributed by atoms with van der Waals surface area (Å²) >= 11 is 7.27. The summed E-state index contributed by atoms with van der Waals surface area (Å²) in [5.74, 6) is 0. The quantitative estimate of drug-likeness (QED) is 0.333. The van der Waals surface area contributed by atoms with Gasteiger partial charge in [-0.25, -0.2) is 4.31 Å². The molecule has 0 aromatic carbocycles. The molecule has 0 aromatic heterocycles. The lowest BCUT2D eigenvalue weighted by Gasteiger charge is -2.49. The Labute approximate surface area is 132 Å². The van der Waals surface area contributed by atoms with Gasteiger partial charge in [0.15, 0.2) is 0 Å². The summed E-state index contributed by atoms with van der Waals surface area (Å²) in [5, 5.41) is 0. The van der Waals surface area contributed by atoms with E-state index in [1.807, 2.05) is 0 Å². The van der Waals surface area contributed by atoms with Crippen LogP contribution in [-0.2, 0) is 0 Å². The van der Waals surface area contributed by atoms with Gasteiger partial charge in [-0.1, -0.05) is 35.4 Å². The number of fused-ring (bicyclic) bond motifs is 2. The molecule has 0 aromatic rings. The van der Waals surface area contributed by atoms with E-state index in [4.69, 9.17) is 12.8 Å². The molecule has 2 aliphatic rings. The second-order valence-electron chi connectivity index (χ2n) is 7.34. The Morgan fingerprint density at radius 3 is 1.83 bits per heavy atom. The summed E-state index contributed by atoms with van der Waals surface area (Å²) in [6, 6.07) is 2.17. The van der Waals surface area contributed by atoms with E-state index in [9.17, 15) is 0 Å². The number of nitrogens with zero attached hydrogens (tertiary/aromatic N) is 2. The van der Waals surface area contributed by atoms with Crippen molar-refractivity contribution < 1.29 is 0 Å². The Balaban J connectivity index is 2.09. The second-order valence-corrected chi connectivity index (χ2v) is 10.4. The molecule has 2 rings (SSSR count). The standard InChI is InChI=1S/C14H27IN2S/c1-13(2,3)16-10-6-7-11(16)9-12(8-10)17(18)14(4,5)15/h10-12,18H,6-9H2,1-5H3. The van der Waals surface area contributed by atoms with Crippen LogP contribution >= 0.6 is 35.4 Å². The van der Waals surface area contributed by atoms with Gasteiger partial charge in [0.05, 0.1) is 3.55 Å². The van der Waals surface area contributed by atoms with Crippen molar-refractivity contribution >= 4 is 35.4 Å². The smallest absolute Gasteiger partial charge is 0.0770 e. The number of rotatable bonds is 2. The molecule has 0 N–H and O–H groups in total. The van der Waals surface area contributed by atoms with Gasteiger partial charge in [-0.05, 0) is 60.3 Å². The van der Waals surface area contributed by atoms with Gasteiger partial charge in [-0.15, -0.1) is 0 Å². The summed E-state index contributed by atoms with van der Waals surface area (Å²) in [4.78, 5) is 2.77. The van der Waals surface area contributed by atoms with E-state index in [0.717, 1.165) is 12.1 Å². The van der Waals surface area contributed by atoms with Gasteiger partial charge in [-0.3, -0.25) is 4.90 Å². The zero-order valence-electron chi connectivity index (χ0n) is 12.3. The first-order valence-corrected chi connectivity index (χ1v) is 8.54. The van der Waals surface area contributed by atoms with Gasteiger partial charge in [0.25, 0.3) is 0 Å². The molecule has 2 fully saturated rings. The molecule has 0 saturated carbocycles. The Morgan fingerprint density at radius 1 is 1.06 bits per heavy atom. The fourth-order valence-corrected chi connectivity index (χ4v) is 4.46. The average molecular weight is 382 g/mol. The fraction of sp³-hybridized carbons (Fsp3) is 1.00. The van der Waals surface area contributed by atoms with Crippen molar-refractivity contribution in [3.8, 4) is 0 Å². The van der Waals surface area contributed by atoms with Crippen LogP contribution in [0.1, 0.15) is 60.3 Å². The van der Waals surface area contributed by atoms with E-state index < -0.39 is 0 Å². The maximum atomic E-state index is 4.77. The van der Waals surface area contributed by atoms with Crippen molar-refractivity contribution in [1.82, 2.24) is 9.21 Å². The maximum Gasteiger partial charge on any atom is 0.0770 e. The third kappa shape index (κ3) is 3.01. The normalized spacial score (nSPS) is 34.3. The Hall–Kier alpha value is 1.00. The van der Waals surface area contributed by atoms with Crippen molar-refractivity contribution in [2.45, 2.75) is 87.5 Å². The lowest BCUT2D eigenvalue weighted by molar-refractivity contribution is 0.0158. The maximum absolute atomic E-state index is 4.77. The van der Waals surface area contributed by atoms with E-state index in [2.05, 4.69) is 66.4 Å². The SMILES string of the molecule is CC(C)(C)N1C2CCC1CC(N(S)C(C)(C)I)C2. The predicted molar refractivity (Wildman–Crippen MR) is 90.3 cm³/mol. The highest BCUT2D eigenvalue weighted by molar-refractivity contribution is 14.1. The van der Waals surface area contributed by atoms with Crippen LogP contribution in [0.25, 0.3) is 0 Å². The van der Waals surface area contributed by atoms with E-state index in [1.54, 1.807) is 0 Å². The molecule has 0 amide bonds. The highest BCUT2D eigenvalue weighted by Crippen LogP contribution is 2.44. The highest BCUT2D eigenvalue weighted by atomic mass is 127. The number of piperidine rings is 1. The lowest BCUT2D eigenvalue weighted by atomic mass is 9.91. The lowest BCUT2D eigenvalue weighted by Crippen LogP contribution is -2.57. The van der Waals surface area contributed by atoms with Crippen molar-refractivity contribution in [1.29, 1.82) is 0 Å². The minimum atomic E-state index is 0.134. The summed E-state index contributed by atoms with van der Waals surface area (Å²) in [7, 11) is 0. The summed E-state index contributed by atoms with van der Waals surface area (Å²) in [5.41, 5.74) is 0.318. The molecule has 2 nitrogen and oxygen atoms in total. The van der Waals surface area contributed by atoms with E-state index >= 15 is 0 Å². The molecule has 18 heavy (non-hydrogen) atoms. The van der Waals surface area contributed by atoms with Crippen LogP contribution in [0, 0.1) is 0 Å². The molecule has 0 aliphatic carbocycles.